The second-order valence-corrected chi connectivity index (χ2v) is 10.3. The maximum absolute atomic E-state index is 13.3. The minimum Gasteiger partial charge on any atom is -0.488 e. The third-order valence-electron chi connectivity index (χ3n) is 5.08. The van der Waals surface area contributed by atoms with Gasteiger partial charge in [-0.1, -0.05) is 13.0 Å². The summed E-state index contributed by atoms with van der Waals surface area (Å²) in [7, 11) is -1.91. The second-order valence-electron chi connectivity index (χ2n) is 7.43. The number of carbonyl (C=O) groups excluding carboxylic acids is 1. The summed E-state index contributed by atoms with van der Waals surface area (Å²) >= 11 is 1.11. The Balaban J connectivity index is 2.00. The van der Waals surface area contributed by atoms with E-state index < -0.39 is 10.0 Å². The molecule has 3 atom stereocenters. The molecule has 1 aliphatic rings. The zero-order chi connectivity index (χ0) is 21.9. The van der Waals surface area contributed by atoms with Gasteiger partial charge in [0.15, 0.2) is 0 Å². The predicted octanol–water partition coefficient (Wildman–Crippen LogP) is 1.99. The number of anilines is 1. The monoisotopic (exact) mass is 453 g/mol. The molecule has 0 aliphatic carbocycles. The lowest BCUT2D eigenvalue weighted by atomic mass is 9.99. The molecular formula is C20H27N3O5S2. The van der Waals surface area contributed by atoms with E-state index in [1.54, 1.807) is 35.4 Å². The first-order valence-electron chi connectivity index (χ1n) is 9.70. The third kappa shape index (κ3) is 4.77. The maximum atomic E-state index is 13.3. The number of carbonyl (C=O) groups is 1. The van der Waals surface area contributed by atoms with Gasteiger partial charge in [-0.05, 0) is 43.6 Å². The fraction of sp³-hybridized carbons (Fsp3) is 0.450. The van der Waals surface area contributed by atoms with Crippen molar-refractivity contribution in [3.8, 4) is 5.75 Å². The SMILES string of the molecule is CNC[C@H]1Oc2ccc(NS(=O)(=O)c3cccs3)cc2C(=O)N([C@@H](C)CO)C[C@@H]1C. The molecule has 1 aliphatic heterocycles. The number of hydrogen-bond acceptors (Lipinski definition) is 7. The third-order valence-corrected chi connectivity index (χ3v) is 7.86. The highest BCUT2D eigenvalue weighted by Gasteiger charge is 2.33. The molecule has 0 fully saturated rings. The fourth-order valence-corrected chi connectivity index (χ4v) is 5.39. The summed E-state index contributed by atoms with van der Waals surface area (Å²) in [4.78, 5) is 14.9. The van der Waals surface area contributed by atoms with Crippen molar-refractivity contribution in [1.29, 1.82) is 0 Å². The first-order chi connectivity index (χ1) is 14.3. The van der Waals surface area contributed by atoms with Crippen LogP contribution in [0.4, 0.5) is 5.69 Å². The van der Waals surface area contributed by atoms with Crippen molar-refractivity contribution in [2.75, 3.05) is 31.5 Å². The number of rotatable bonds is 7. The van der Waals surface area contributed by atoms with E-state index >= 15 is 0 Å². The molecule has 2 aromatic rings. The van der Waals surface area contributed by atoms with Crippen molar-refractivity contribution in [1.82, 2.24) is 10.2 Å². The largest absolute Gasteiger partial charge is 0.488 e. The molecule has 2 heterocycles. The molecule has 0 bridgehead atoms. The van der Waals surface area contributed by atoms with Crippen LogP contribution in [0.5, 0.6) is 5.75 Å². The van der Waals surface area contributed by atoms with E-state index in [4.69, 9.17) is 4.74 Å². The molecule has 30 heavy (non-hydrogen) atoms. The van der Waals surface area contributed by atoms with Crippen LogP contribution in [-0.4, -0.2) is 63.2 Å². The number of ether oxygens (including phenoxy) is 1. The van der Waals surface area contributed by atoms with Gasteiger partial charge < -0.3 is 20.1 Å². The molecule has 1 aromatic carbocycles. The standard InChI is InChI=1S/C20H27N3O5S2/c1-13-11-23(14(2)12-24)20(25)16-9-15(6-7-17(16)28-18(13)10-21-3)22-30(26,27)19-5-4-8-29-19/h4-9,13-14,18,21-22,24H,10-12H2,1-3H3/t13-,14-,18+/m0/s1. The average molecular weight is 454 g/mol. The van der Waals surface area contributed by atoms with Crippen molar-refractivity contribution in [2.45, 2.75) is 30.2 Å². The Bertz CT molecular complexity index is 978. The van der Waals surface area contributed by atoms with E-state index in [0.29, 0.717) is 18.8 Å². The summed E-state index contributed by atoms with van der Waals surface area (Å²) < 4.78 is 34.0. The van der Waals surface area contributed by atoms with Crippen LogP contribution in [0.15, 0.2) is 39.9 Å². The van der Waals surface area contributed by atoms with Gasteiger partial charge in [-0.3, -0.25) is 9.52 Å². The van der Waals surface area contributed by atoms with Gasteiger partial charge in [0.05, 0.1) is 18.2 Å². The number of sulfonamides is 1. The van der Waals surface area contributed by atoms with Gasteiger partial charge in [-0.25, -0.2) is 8.42 Å². The van der Waals surface area contributed by atoms with Crippen molar-refractivity contribution >= 4 is 33.0 Å². The van der Waals surface area contributed by atoms with Crippen LogP contribution >= 0.6 is 11.3 Å². The van der Waals surface area contributed by atoms with Crippen LogP contribution < -0.4 is 14.8 Å². The molecule has 0 spiro atoms. The Morgan fingerprint density at radius 2 is 2.13 bits per heavy atom. The Morgan fingerprint density at radius 1 is 1.37 bits per heavy atom. The lowest BCUT2D eigenvalue weighted by Gasteiger charge is -2.37. The van der Waals surface area contributed by atoms with Gasteiger partial charge in [0, 0.05) is 24.7 Å². The van der Waals surface area contributed by atoms with Crippen molar-refractivity contribution in [2.24, 2.45) is 5.92 Å². The Labute approximate surface area is 180 Å². The summed E-state index contributed by atoms with van der Waals surface area (Å²) in [5.41, 5.74) is 0.532. The minimum atomic E-state index is -3.74. The number of benzene rings is 1. The lowest BCUT2D eigenvalue weighted by Crippen LogP contribution is -2.49. The zero-order valence-corrected chi connectivity index (χ0v) is 18.8. The van der Waals surface area contributed by atoms with Crippen molar-refractivity contribution in [3.05, 3.63) is 41.3 Å². The van der Waals surface area contributed by atoms with Crippen LogP contribution in [0, 0.1) is 5.92 Å². The van der Waals surface area contributed by atoms with Gasteiger partial charge in [-0.15, -0.1) is 11.3 Å². The summed E-state index contributed by atoms with van der Waals surface area (Å²) in [6.45, 7) is 4.61. The number of aliphatic hydroxyl groups is 1. The quantitative estimate of drug-likeness (QED) is 0.592. The first kappa shape index (κ1) is 22.5. The van der Waals surface area contributed by atoms with E-state index in [2.05, 4.69) is 10.0 Å². The highest BCUT2D eigenvalue weighted by atomic mass is 32.2. The average Bonchev–Trinajstić information content (AvgIpc) is 3.26. The summed E-state index contributed by atoms with van der Waals surface area (Å²) in [5, 5.41) is 14.4. The van der Waals surface area contributed by atoms with Crippen LogP contribution in [0.3, 0.4) is 0 Å². The van der Waals surface area contributed by atoms with Crippen LogP contribution in [0.2, 0.25) is 0 Å². The Hall–Kier alpha value is -2.14. The molecule has 10 heteroatoms. The van der Waals surface area contributed by atoms with Crippen LogP contribution in [-0.2, 0) is 10.0 Å². The first-order valence-corrected chi connectivity index (χ1v) is 12.1. The predicted molar refractivity (Wildman–Crippen MR) is 117 cm³/mol. The van der Waals surface area contributed by atoms with E-state index in [-0.39, 0.29) is 46.0 Å². The zero-order valence-electron chi connectivity index (χ0n) is 17.2. The summed E-state index contributed by atoms with van der Waals surface area (Å²) in [5.74, 6) is 0.111. The van der Waals surface area contributed by atoms with Gasteiger partial charge in [0.2, 0.25) is 0 Å². The number of fused-ring (bicyclic) bond motifs is 1. The smallest absolute Gasteiger partial charge is 0.271 e. The van der Waals surface area contributed by atoms with Crippen LogP contribution in [0.25, 0.3) is 0 Å². The van der Waals surface area contributed by atoms with E-state index in [1.807, 2.05) is 14.0 Å². The Morgan fingerprint density at radius 3 is 2.77 bits per heavy atom. The molecule has 3 rings (SSSR count). The fourth-order valence-electron chi connectivity index (χ4n) is 3.35. The number of amides is 1. The van der Waals surface area contributed by atoms with E-state index in [1.165, 1.54) is 12.1 Å². The van der Waals surface area contributed by atoms with Gasteiger partial charge in [0.25, 0.3) is 15.9 Å². The Kier molecular flexibility index (Phi) is 7.02. The van der Waals surface area contributed by atoms with Gasteiger partial charge in [0.1, 0.15) is 16.1 Å². The molecule has 0 radical (unpaired) electrons. The topological polar surface area (TPSA) is 108 Å². The van der Waals surface area contributed by atoms with Gasteiger partial charge in [-0.2, -0.15) is 0 Å². The van der Waals surface area contributed by atoms with E-state index in [9.17, 15) is 18.3 Å². The molecule has 0 unspecified atom stereocenters. The summed E-state index contributed by atoms with van der Waals surface area (Å²) in [6.07, 6.45) is -0.191. The number of likely N-dealkylation sites (N-methyl/N-ethyl adjacent to an activating group) is 1. The van der Waals surface area contributed by atoms with E-state index in [0.717, 1.165) is 11.3 Å². The summed E-state index contributed by atoms with van der Waals surface area (Å²) in [6, 6.07) is 7.48. The number of nitrogens with zero attached hydrogens (tertiary/aromatic N) is 1. The number of nitrogens with one attached hydrogen (secondary N) is 2. The van der Waals surface area contributed by atoms with Crippen LogP contribution in [0.1, 0.15) is 24.2 Å². The molecule has 0 saturated carbocycles. The number of thiophene rings is 1. The highest BCUT2D eigenvalue weighted by Crippen LogP contribution is 2.31. The molecule has 8 nitrogen and oxygen atoms in total. The number of aliphatic hydroxyl groups excluding tert-OH is 1. The highest BCUT2D eigenvalue weighted by molar-refractivity contribution is 7.94. The lowest BCUT2D eigenvalue weighted by molar-refractivity contribution is 0.0416. The molecule has 1 amide bonds. The minimum absolute atomic E-state index is 0.0283. The molecule has 3 N–H and O–H groups in total. The van der Waals surface area contributed by atoms with Crippen molar-refractivity contribution < 1.29 is 23.1 Å². The molecule has 164 valence electrons. The van der Waals surface area contributed by atoms with Crippen molar-refractivity contribution in [3.63, 3.8) is 0 Å². The molecule has 0 saturated heterocycles. The maximum Gasteiger partial charge on any atom is 0.271 e. The molecule has 1 aromatic heterocycles. The normalized spacial score (nSPS) is 20.7. The molecular weight excluding hydrogens is 426 g/mol. The van der Waals surface area contributed by atoms with Gasteiger partial charge >= 0.3 is 0 Å². The second kappa shape index (κ2) is 9.34. The number of hydrogen-bond donors (Lipinski definition) is 3.